The Morgan fingerprint density at radius 3 is 2.19 bits per heavy atom. The van der Waals surface area contributed by atoms with E-state index in [4.69, 9.17) is 0 Å². The fourth-order valence-corrected chi connectivity index (χ4v) is 1.86. The molecule has 16 heavy (non-hydrogen) atoms. The third kappa shape index (κ3) is 4.22. The Balaban J connectivity index is 0.000000221. The van der Waals surface area contributed by atoms with E-state index in [1.54, 1.807) is 11.1 Å². The van der Waals surface area contributed by atoms with Crippen molar-refractivity contribution in [1.29, 1.82) is 0 Å². The summed E-state index contributed by atoms with van der Waals surface area (Å²) in [5, 5.41) is 0. The van der Waals surface area contributed by atoms with E-state index in [1.807, 2.05) is 6.92 Å². The molecular weight excluding hydrogens is 192 g/mol. The van der Waals surface area contributed by atoms with Crippen molar-refractivity contribution in [2.75, 3.05) is 0 Å². The topological polar surface area (TPSA) is 0 Å². The summed E-state index contributed by atoms with van der Waals surface area (Å²) >= 11 is 0. The first-order valence-corrected chi connectivity index (χ1v) is 6.31. The number of benzene rings is 1. The number of allylic oxidation sites excluding steroid dienone is 2. The van der Waals surface area contributed by atoms with E-state index in [2.05, 4.69) is 45.0 Å². The Morgan fingerprint density at radius 2 is 1.62 bits per heavy atom. The van der Waals surface area contributed by atoms with Gasteiger partial charge in [-0.15, -0.1) is 0 Å². The van der Waals surface area contributed by atoms with Crippen molar-refractivity contribution in [3.05, 3.63) is 46.5 Å². The minimum Gasteiger partial charge on any atom is -0.0890 e. The lowest BCUT2D eigenvalue weighted by Crippen LogP contribution is -2.01. The summed E-state index contributed by atoms with van der Waals surface area (Å²) < 4.78 is 0. The van der Waals surface area contributed by atoms with E-state index < -0.39 is 0 Å². The van der Waals surface area contributed by atoms with Crippen molar-refractivity contribution in [3.8, 4) is 0 Å². The molecule has 0 aromatic heterocycles. The van der Waals surface area contributed by atoms with E-state index in [0.29, 0.717) is 0 Å². The molecule has 0 spiro atoms. The summed E-state index contributed by atoms with van der Waals surface area (Å²) in [5.41, 5.74) is 5.97. The number of aryl methyl sites for hydroxylation is 3. The minimum absolute atomic E-state index is 1.30. The van der Waals surface area contributed by atoms with Gasteiger partial charge in [-0.25, -0.2) is 0 Å². The van der Waals surface area contributed by atoms with E-state index >= 15 is 0 Å². The van der Waals surface area contributed by atoms with Gasteiger partial charge >= 0.3 is 0 Å². The molecule has 0 bridgehead atoms. The highest BCUT2D eigenvalue weighted by Gasteiger charge is 2.07. The van der Waals surface area contributed by atoms with Crippen LogP contribution in [-0.2, 0) is 12.8 Å². The lowest BCUT2D eigenvalue weighted by molar-refractivity contribution is 0.685. The first kappa shape index (κ1) is 13.0. The lowest BCUT2D eigenvalue weighted by atomic mass is 9.91. The lowest BCUT2D eigenvalue weighted by Gasteiger charge is -2.15. The van der Waals surface area contributed by atoms with Gasteiger partial charge in [-0.3, -0.25) is 0 Å². The Kier molecular flexibility index (Phi) is 5.31. The highest BCUT2D eigenvalue weighted by molar-refractivity contribution is 5.33. The van der Waals surface area contributed by atoms with Crippen molar-refractivity contribution in [2.24, 2.45) is 0 Å². The molecule has 0 heterocycles. The maximum Gasteiger partial charge on any atom is -0.0276 e. The summed E-state index contributed by atoms with van der Waals surface area (Å²) in [6.07, 6.45) is 7.46. The second-order valence-electron chi connectivity index (χ2n) is 4.85. The normalized spacial score (nSPS) is 13.2. The monoisotopic (exact) mass is 216 g/mol. The fourth-order valence-electron chi connectivity index (χ4n) is 1.86. The molecule has 1 aromatic rings. The molecule has 0 aliphatic heterocycles. The van der Waals surface area contributed by atoms with Crippen LogP contribution in [0.25, 0.3) is 0 Å². The van der Waals surface area contributed by atoms with Crippen LogP contribution in [0.2, 0.25) is 0 Å². The number of rotatable bonds is 0. The van der Waals surface area contributed by atoms with Crippen molar-refractivity contribution in [2.45, 2.75) is 53.4 Å². The van der Waals surface area contributed by atoms with Crippen LogP contribution in [-0.4, -0.2) is 0 Å². The Labute approximate surface area is 100 Å². The van der Waals surface area contributed by atoms with Crippen LogP contribution < -0.4 is 0 Å². The molecule has 0 saturated heterocycles. The second kappa shape index (κ2) is 6.52. The zero-order valence-electron chi connectivity index (χ0n) is 11.1. The zero-order chi connectivity index (χ0) is 12.0. The fraction of sp³-hybridized carbons (Fsp3) is 0.500. The van der Waals surface area contributed by atoms with Crippen molar-refractivity contribution < 1.29 is 0 Å². The van der Waals surface area contributed by atoms with Gasteiger partial charge in [0.05, 0.1) is 0 Å². The smallest absolute Gasteiger partial charge is 0.0276 e. The van der Waals surface area contributed by atoms with Crippen LogP contribution in [0, 0.1) is 6.92 Å². The molecule has 2 rings (SSSR count). The molecule has 0 saturated carbocycles. The summed E-state index contributed by atoms with van der Waals surface area (Å²) in [6.45, 7) is 8.38. The van der Waals surface area contributed by atoms with Crippen LogP contribution in [0.5, 0.6) is 0 Å². The molecule has 1 aromatic carbocycles. The molecule has 1 aliphatic rings. The average Bonchev–Trinajstić information content (AvgIpc) is 2.29. The van der Waals surface area contributed by atoms with Gasteiger partial charge in [0.25, 0.3) is 0 Å². The molecular formula is C16H24. The SMILES string of the molecule is CC=C(C)C.Cc1ccc2c(c1)CCCC2. The highest BCUT2D eigenvalue weighted by Crippen LogP contribution is 2.21. The zero-order valence-corrected chi connectivity index (χ0v) is 11.1. The average molecular weight is 216 g/mol. The van der Waals surface area contributed by atoms with Gasteiger partial charge in [0.2, 0.25) is 0 Å². The number of hydrogen-bond acceptors (Lipinski definition) is 0. The number of fused-ring (bicyclic) bond motifs is 1. The number of hydrogen-bond donors (Lipinski definition) is 0. The molecule has 0 unspecified atom stereocenters. The molecule has 0 fully saturated rings. The third-order valence-corrected chi connectivity index (χ3v) is 3.08. The Bertz CT molecular complexity index is 354. The van der Waals surface area contributed by atoms with Crippen LogP contribution >= 0.6 is 0 Å². The summed E-state index contributed by atoms with van der Waals surface area (Å²) in [7, 11) is 0. The van der Waals surface area contributed by atoms with Gasteiger partial charge in [0.1, 0.15) is 0 Å². The minimum atomic E-state index is 1.30. The van der Waals surface area contributed by atoms with Crippen LogP contribution in [0.1, 0.15) is 50.3 Å². The van der Waals surface area contributed by atoms with Crippen molar-refractivity contribution in [3.63, 3.8) is 0 Å². The van der Waals surface area contributed by atoms with Gasteiger partial charge in [-0.2, -0.15) is 0 Å². The molecule has 0 atom stereocenters. The summed E-state index contributed by atoms with van der Waals surface area (Å²) in [5.74, 6) is 0. The molecule has 0 radical (unpaired) electrons. The van der Waals surface area contributed by atoms with Gasteiger partial charge in [0, 0.05) is 0 Å². The summed E-state index contributed by atoms with van der Waals surface area (Å²) in [4.78, 5) is 0. The largest absolute Gasteiger partial charge is 0.0890 e. The van der Waals surface area contributed by atoms with Gasteiger partial charge in [-0.1, -0.05) is 35.4 Å². The van der Waals surface area contributed by atoms with Gasteiger partial charge in [0.15, 0.2) is 0 Å². The first-order valence-electron chi connectivity index (χ1n) is 6.31. The van der Waals surface area contributed by atoms with Crippen LogP contribution in [0.4, 0.5) is 0 Å². The second-order valence-corrected chi connectivity index (χ2v) is 4.85. The third-order valence-electron chi connectivity index (χ3n) is 3.08. The molecule has 0 N–H and O–H groups in total. The van der Waals surface area contributed by atoms with Crippen LogP contribution in [0.15, 0.2) is 29.8 Å². The quantitative estimate of drug-likeness (QED) is 0.544. The maximum atomic E-state index is 2.34. The molecule has 0 amide bonds. The molecule has 0 nitrogen and oxygen atoms in total. The predicted octanol–water partition coefficient (Wildman–Crippen LogP) is 4.85. The van der Waals surface area contributed by atoms with Crippen molar-refractivity contribution >= 4 is 0 Å². The van der Waals surface area contributed by atoms with E-state index in [9.17, 15) is 0 Å². The van der Waals surface area contributed by atoms with Crippen molar-refractivity contribution in [1.82, 2.24) is 0 Å². The highest BCUT2D eigenvalue weighted by atomic mass is 14.1. The Morgan fingerprint density at radius 1 is 1.06 bits per heavy atom. The predicted molar refractivity (Wildman–Crippen MR) is 72.9 cm³/mol. The van der Waals surface area contributed by atoms with E-state index in [-0.39, 0.29) is 0 Å². The standard InChI is InChI=1S/C11H14.C5H10/c1-9-6-7-10-4-2-3-5-11(10)8-9;1-4-5(2)3/h6-8H,2-5H2,1H3;4H,1-3H3. The molecule has 1 aliphatic carbocycles. The molecule has 88 valence electrons. The van der Waals surface area contributed by atoms with Gasteiger partial charge in [-0.05, 0) is 64.5 Å². The van der Waals surface area contributed by atoms with Crippen LogP contribution in [0.3, 0.4) is 0 Å². The molecule has 0 heteroatoms. The summed E-state index contributed by atoms with van der Waals surface area (Å²) in [6, 6.07) is 6.86. The van der Waals surface area contributed by atoms with E-state index in [1.165, 1.54) is 36.8 Å². The maximum absolute atomic E-state index is 2.34. The van der Waals surface area contributed by atoms with Gasteiger partial charge < -0.3 is 0 Å². The van der Waals surface area contributed by atoms with E-state index in [0.717, 1.165) is 0 Å². The Hall–Kier alpha value is -1.04. The first-order chi connectivity index (χ1) is 7.63.